The molecular weight excluding hydrogens is 382 g/mol. The van der Waals surface area contributed by atoms with Crippen LogP contribution in [0.4, 0.5) is 16.3 Å². The number of carbonyl (C=O) groups is 1. The van der Waals surface area contributed by atoms with Crippen LogP contribution in [0.5, 0.6) is 0 Å². The van der Waals surface area contributed by atoms with E-state index in [1.807, 2.05) is 36.2 Å². The fourth-order valence-electron chi connectivity index (χ4n) is 3.86. The minimum atomic E-state index is -0.0848. The van der Waals surface area contributed by atoms with Gasteiger partial charge in [0.15, 0.2) is 0 Å². The summed E-state index contributed by atoms with van der Waals surface area (Å²) in [7, 11) is 0. The minimum Gasteiger partial charge on any atom is -0.370 e. The number of nitrogens with one attached hydrogen (secondary N) is 2. The van der Waals surface area contributed by atoms with Crippen molar-refractivity contribution >= 4 is 29.3 Å². The van der Waals surface area contributed by atoms with E-state index in [0.717, 1.165) is 50.4 Å². The van der Waals surface area contributed by atoms with Crippen molar-refractivity contribution < 1.29 is 4.79 Å². The van der Waals surface area contributed by atoms with E-state index in [9.17, 15) is 4.79 Å². The van der Waals surface area contributed by atoms with Crippen LogP contribution in [0.15, 0.2) is 48.7 Å². The highest BCUT2D eigenvalue weighted by Crippen LogP contribution is 2.20. The van der Waals surface area contributed by atoms with Gasteiger partial charge in [-0.15, -0.1) is 0 Å². The SMILES string of the molecule is O=C(NCc1ccc(N2CCSCC2)cc1)NC1CCN(c2ccccn2)CC1. The molecule has 2 aliphatic rings. The number of hydrogen-bond acceptors (Lipinski definition) is 5. The molecule has 0 bridgehead atoms. The zero-order valence-corrected chi connectivity index (χ0v) is 17.5. The molecule has 1 aromatic heterocycles. The zero-order valence-electron chi connectivity index (χ0n) is 16.7. The number of carbonyl (C=O) groups excluding carboxylic acids is 1. The molecule has 0 spiro atoms. The molecule has 2 aromatic rings. The second-order valence-corrected chi connectivity index (χ2v) is 8.77. The van der Waals surface area contributed by atoms with Gasteiger partial charge < -0.3 is 20.4 Å². The second kappa shape index (κ2) is 9.87. The van der Waals surface area contributed by atoms with Gasteiger partial charge in [0.1, 0.15) is 5.82 Å². The molecule has 0 unspecified atom stereocenters. The lowest BCUT2D eigenvalue weighted by Gasteiger charge is -2.33. The van der Waals surface area contributed by atoms with Gasteiger partial charge in [-0.05, 0) is 42.7 Å². The Morgan fingerprint density at radius 2 is 1.76 bits per heavy atom. The van der Waals surface area contributed by atoms with Crippen LogP contribution in [0.2, 0.25) is 0 Å². The Hall–Kier alpha value is -2.41. The van der Waals surface area contributed by atoms with E-state index in [4.69, 9.17) is 0 Å². The van der Waals surface area contributed by atoms with Crippen LogP contribution in [0.25, 0.3) is 0 Å². The summed E-state index contributed by atoms with van der Waals surface area (Å²) >= 11 is 2.02. The van der Waals surface area contributed by atoms with Crippen molar-refractivity contribution in [1.29, 1.82) is 0 Å². The Morgan fingerprint density at radius 1 is 1.00 bits per heavy atom. The summed E-state index contributed by atoms with van der Waals surface area (Å²) in [5.41, 5.74) is 2.40. The van der Waals surface area contributed by atoms with E-state index in [1.165, 1.54) is 17.2 Å². The maximum atomic E-state index is 12.3. The molecule has 0 saturated carbocycles. The van der Waals surface area contributed by atoms with Gasteiger partial charge in [-0.1, -0.05) is 18.2 Å². The van der Waals surface area contributed by atoms with Gasteiger partial charge >= 0.3 is 6.03 Å². The first-order valence-corrected chi connectivity index (χ1v) is 11.6. The monoisotopic (exact) mass is 411 g/mol. The standard InChI is InChI=1S/C22H29N5OS/c28-22(25-19-8-11-27(12-9-19)21-3-1-2-10-23-21)24-17-18-4-6-20(7-5-18)26-13-15-29-16-14-26/h1-7,10,19H,8-9,11-17H2,(H2,24,25,28). The number of hydrogen-bond donors (Lipinski definition) is 2. The molecule has 1 aromatic carbocycles. The summed E-state index contributed by atoms with van der Waals surface area (Å²) in [4.78, 5) is 21.4. The lowest BCUT2D eigenvalue weighted by molar-refractivity contribution is 0.234. The number of aromatic nitrogens is 1. The van der Waals surface area contributed by atoms with Crippen LogP contribution in [-0.2, 0) is 6.54 Å². The molecule has 2 fully saturated rings. The molecular formula is C22H29N5OS. The molecule has 6 nitrogen and oxygen atoms in total. The molecule has 4 rings (SSSR count). The van der Waals surface area contributed by atoms with E-state index in [0.29, 0.717) is 6.54 Å². The molecule has 29 heavy (non-hydrogen) atoms. The summed E-state index contributed by atoms with van der Waals surface area (Å²) in [5.74, 6) is 3.41. The van der Waals surface area contributed by atoms with Gasteiger partial charge in [-0.25, -0.2) is 9.78 Å². The minimum absolute atomic E-state index is 0.0848. The van der Waals surface area contributed by atoms with E-state index in [1.54, 1.807) is 0 Å². The van der Waals surface area contributed by atoms with Crippen molar-refractivity contribution in [2.75, 3.05) is 47.5 Å². The van der Waals surface area contributed by atoms with E-state index < -0.39 is 0 Å². The van der Waals surface area contributed by atoms with Crippen molar-refractivity contribution in [1.82, 2.24) is 15.6 Å². The highest BCUT2D eigenvalue weighted by molar-refractivity contribution is 7.99. The summed E-state index contributed by atoms with van der Waals surface area (Å²) in [6.45, 7) is 4.61. The topological polar surface area (TPSA) is 60.5 Å². The van der Waals surface area contributed by atoms with Crippen molar-refractivity contribution in [3.63, 3.8) is 0 Å². The summed E-state index contributed by atoms with van der Waals surface area (Å²) < 4.78 is 0. The van der Waals surface area contributed by atoms with Gasteiger partial charge in [-0.2, -0.15) is 11.8 Å². The van der Waals surface area contributed by atoms with Crippen LogP contribution >= 0.6 is 11.8 Å². The van der Waals surface area contributed by atoms with E-state index in [-0.39, 0.29) is 12.1 Å². The molecule has 7 heteroatoms. The quantitative estimate of drug-likeness (QED) is 0.792. The first-order chi connectivity index (χ1) is 14.3. The third-order valence-corrected chi connectivity index (χ3v) is 6.51. The van der Waals surface area contributed by atoms with Crippen molar-refractivity contribution in [2.24, 2.45) is 0 Å². The first-order valence-electron chi connectivity index (χ1n) is 10.4. The highest BCUT2D eigenvalue weighted by atomic mass is 32.2. The summed E-state index contributed by atoms with van der Waals surface area (Å²) in [5, 5.41) is 6.11. The summed E-state index contributed by atoms with van der Waals surface area (Å²) in [6, 6.07) is 14.7. The predicted molar refractivity (Wildman–Crippen MR) is 121 cm³/mol. The van der Waals surface area contributed by atoms with Crippen molar-refractivity contribution in [3.8, 4) is 0 Å². The van der Waals surface area contributed by atoms with Gasteiger partial charge in [0.05, 0.1) is 0 Å². The van der Waals surface area contributed by atoms with Gasteiger partial charge in [0.2, 0.25) is 0 Å². The third kappa shape index (κ3) is 5.56. The third-order valence-electron chi connectivity index (χ3n) is 5.57. The normalized spacial score (nSPS) is 17.8. The number of urea groups is 1. The van der Waals surface area contributed by atoms with Crippen molar-refractivity contribution in [2.45, 2.75) is 25.4 Å². The number of pyridine rings is 1. The molecule has 3 heterocycles. The maximum absolute atomic E-state index is 12.3. The number of anilines is 2. The van der Waals surface area contributed by atoms with Gasteiger partial charge in [0, 0.05) is 62.2 Å². The highest BCUT2D eigenvalue weighted by Gasteiger charge is 2.21. The first kappa shape index (κ1) is 19.9. The Balaban J connectivity index is 1.18. The number of piperidine rings is 1. The molecule has 2 saturated heterocycles. The predicted octanol–water partition coefficient (Wildman–Crippen LogP) is 3.10. The molecule has 0 radical (unpaired) electrons. The number of benzene rings is 1. The van der Waals surface area contributed by atoms with Crippen LogP contribution in [0.3, 0.4) is 0 Å². The fourth-order valence-corrected chi connectivity index (χ4v) is 4.76. The Labute approximate surface area is 177 Å². The largest absolute Gasteiger partial charge is 0.370 e. The van der Waals surface area contributed by atoms with Crippen molar-refractivity contribution in [3.05, 3.63) is 54.2 Å². The van der Waals surface area contributed by atoms with E-state index in [2.05, 4.69) is 49.7 Å². The number of rotatable bonds is 5. The molecule has 2 amide bonds. The molecule has 154 valence electrons. The molecule has 0 atom stereocenters. The Kier molecular flexibility index (Phi) is 6.77. The van der Waals surface area contributed by atoms with Crippen LogP contribution < -0.4 is 20.4 Å². The molecule has 0 aliphatic carbocycles. The van der Waals surface area contributed by atoms with Gasteiger partial charge in [0.25, 0.3) is 0 Å². The lowest BCUT2D eigenvalue weighted by atomic mass is 10.1. The second-order valence-electron chi connectivity index (χ2n) is 7.54. The molecule has 2 N–H and O–H groups in total. The summed E-state index contributed by atoms with van der Waals surface area (Å²) in [6.07, 6.45) is 3.70. The average Bonchev–Trinajstić information content (AvgIpc) is 2.80. The number of thioether (sulfide) groups is 1. The molecule has 2 aliphatic heterocycles. The van der Waals surface area contributed by atoms with E-state index >= 15 is 0 Å². The fraction of sp³-hybridized carbons (Fsp3) is 0.455. The maximum Gasteiger partial charge on any atom is 0.315 e. The number of nitrogens with zero attached hydrogens (tertiary/aromatic N) is 3. The van der Waals surface area contributed by atoms with Gasteiger partial charge in [-0.3, -0.25) is 0 Å². The van der Waals surface area contributed by atoms with Crippen LogP contribution in [0, 0.1) is 0 Å². The van der Waals surface area contributed by atoms with Crippen LogP contribution in [-0.4, -0.2) is 54.7 Å². The Bertz CT molecular complexity index is 772. The van der Waals surface area contributed by atoms with Crippen LogP contribution in [0.1, 0.15) is 18.4 Å². The average molecular weight is 412 g/mol. The lowest BCUT2D eigenvalue weighted by Crippen LogP contribution is -2.48. The number of amides is 2. The Morgan fingerprint density at radius 3 is 2.45 bits per heavy atom. The zero-order chi connectivity index (χ0) is 19.9. The smallest absolute Gasteiger partial charge is 0.315 e.